The van der Waals surface area contributed by atoms with Gasteiger partial charge in [-0.3, -0.25) is 18.6 Å². The molecule has 168 valence electrons. The van der Waals surface area contributed by atoms with Crippen molar-refractivity contribution in [2.45, 2.75) is 75.5 Å². The van der Waals surface area contributed by atoms with E-state index in [4.69, 9.17) is 0 Å². The van der Waals surface area contributed by atoms with Crippen LogP contribution in [0.4, 0.5) is 0 Å². The van der Waals surface area contributed by atoms with Gasteiger partial charge in [0.05, 0.1) is 22.7 Å². The van der Waals surface area contributed by atoms with Gasteiger partial charge in [-0.2, -0.15) is 5.26 Å². The summed E-state index contributed by atoms with van der Waals surface area (Å²) >= 11 is 1.27. The zero-order valence-corrected chi connectivity index (χ0v) is 19.2. The highest BCUT2D eigenvalue weighted by molar-refractivity contribution is 7.99. The lowest BCUT2D eigenvalue weighted by Gasteiger charge is -2.31. The topological polar surface area (TPSA) is 105 Å². The van der Waals surface area contributed by atoms with Crippen LogP contribution < -0.4 is 10.9 Å². The number of carbonyl (C=O) groups excluding carboxylic acids is 1. The van der Waals surface area contributed by atoms with Crippen LogP contribution in [0.5, 0.6) is 0 Å². The molecule has 1 aromatic carbocycles. The molecule has 1 saturated carbocycles. The van der Waals surface area contributed by atoms with Gasteiger partial charge in [0.25, 0.3) is 5.56 Å². The van der Waals surface area contributed by atoms with E-state index in [0.717, 1.165) is 44.0 Å². The van der Waals surface area contributed by atoms with E-state index in [1.165, 1.54) is 11.8 Å². The molecule has 9 heteroatoms. The van der Waals surface area contributed by atoms with E-state index in [-0.39, 0.29) is 17.2 Å². The third-order valence-electron chi connectivity index (χ3n) is 6.10. The fourth-order valence-corrected chi connectivity index (χ4v) is 5.14. The summed E-state index contributed by atoms with van der Waals surface area (Å²) in [6, 6.07) is 9.74. The molecular formula is C23H28N6O2S. The number of aryl methyl sites for hydroxylation is 1. The Morgan fingerprint density at radius 2 is 2.00 bits per heavy atom. The molecule has 0 atom stereocenters. The number of amides is 1. The first-order chi connectivity index (χ1) is 15.6. The van der Waals surface area contributed by atoms with Crippen molar-refractivity contribution in [2.24, 2.45) is 0 Å². The van der Waals surface area contributed by atoms with Gasteiger partial charge in [-0.05, 0) is 31.4 Å². The molecule has 0 radical (unpaired) electrons. The number of hydrogen-bond donors (Lipinski definition) is 1. The summed E-state index contributed by atoms with van der Waals surface area (Å²) in [6.45, 7) is 2.70. The zero-order chi connectivity index (χ0) is 22.6. The summed E-state index contributed by atoms with van der Waals surface area (Å²) in [7, 11) is 0. The fraction of sp³-hybridized carbons (Fsp3) is 0.522. The predicted molar refractivity (Wildman–Crippen MR) is 125 cm³/mol. The van der Waals surface area contributed by atoms with Crippen molar-refractivity contribution in [1.29, 1.82) is 5.26 Å². The lowest BCUT2D eigenvalue weighted by atomic mass is 9.83. The Morgan fingerprint density at radius 3 is 2.75 bits per heavy atom. The number of aromatic nitrogens is 4. The van der Waals surface area contributed by atoms with Gasteiger partial charge in [-0.1, -0.05) is 62.9 Å². The second-order valence-electron chi connectivity index (χ2n) is 8.39. The van der Waals surface area contributed by atoms with Gasteiger partial charge < -0.3 is 5.32 Å². The third-order valence-corrected chi connectivity index (χ3v) is 7.02. The first kappa shape index (κ1) is 22.3. The summed E-state index contributed by atoms with van der Waals surface area (Å²) in [6.07, 6.45) is 7.39. The van der Waals surface area contributed by atoms with Crippen molar-refractivity contribution in [2.75, 3.05) is 5.75 Å². The van der Waals surface area contributed by atoms with E-state index >= 15 is 0 Å². The van der Waals surface area contributed by atoms with Crippen LogP contribution in [0, 0.1) is 11.3 Å². The molecule has 2 heterocycles. The van der Waals surface area contributed by atoms with E-state index in [0.29, 0.717) is 35.7 Å². The van der Waals surface area contributed by atoms with Gasteiger partial charge in [0.1, 0.15) is 5.54 Å². The molecule has 0 unspecified atom stereocenters. The Morgan fingerprint density at radius 1 is 1.22 bits per heavy atom. The molecule has 0 saturated heterocycles. The van der Waals surface area contributed by atoms with Crippen LogP contribution in [0.2, 0.25) is 0 Å². The minimum Gasteiger partial charge on any atom is -0.337 e. The highest BCUT2D eigenvalue weighted by Crippen LogP contribution is 2.28. The van der Waals surface area contributed by atoms with Crippen molar-refractivity contribution in [3.05, 3.63) is 34.6 Å². The standard InChI is InChI=1S/C23H28N6O2S/c1-2-3-9-14-28-20(31)17-10-5-6-11-18(17)29-21(28)26-27-22(29)32-15-19(30)25-23(16-24)12-7-4-8-13-23/h5-6,10-11H,2-4,7-9,12-15H2,1H3,(H,25,30). The average molecular weight is 453 g/mol. The van der Waals surface area contributed by atoms with Crippen molar-refractivity contribution < 1.29 is 4.79 Å². The zero-order valence-electron chi connectivity index (χ0n) is 18.3. The monoisotopic (exact) mass is 452 g/mol. The molecule has 1 fully saturated rings. The van der Waals surface area contributed by atoms with Gasteiger partial charge in [0, 0.05) is 6.54 Å². The number of hydrogen-bond acceptors (Lipinski definition) is 6. The normalized spacial score (nSPS) is 15.6. The number of unbranched alkanes of at least 4 members (excludes halogenated alkanes) is 2. The summed E-state index contributed by atoms with van der Waals surface area (Å²) < 4.78 is 3.54. The van der Waals surface area contributed by atoms with Crippen LogP contribution in [-0.4, -0.2) is 36.4 Å². The molecular weight excluding hydrogens is 424 g/mol. The molecule has 1 amide bonds. The number of rotatable bonds is 8. The summed E-state index contributed by atoms with van der Waals surface area (Å²) in [5, 5.41) is 22.3. The highest BCUT2D eigenvalue weighted by atomic mass is 32.2. The lowest BCUT2D eigenvalue weighted by molar-refractivity contribution is -0.120. The largest absolute Gasteiger partial charge is 0.337 e. The van der Waals surface area contributed by atoms with Crippen LogP contribution in [0.15, 0.2) is 34.2 Å². The van der Waals surface area contributed by atoms with E-state index in [9.17, 15) is 14.9 Å². The van der Waals surface area contributed by atoms with Crippen LogP contribution in [0.1, 0.15) is 58.3 Å². The van der Waals surface area contributed by atoms with Gasteiger partial charge in [0.15, 0.2) is 5.16 Å². The Hall–Kier alpha value is -2.86. The second-order valence-corrected chi connectivity index (χ2v) is 9.33. The number of para-hydroxylation sites is 1. The van der Waals surface area contributed by atoms with E-state index < -0.39 is 5.54 Å². The summed E-state index contributed by atoms with van der Waals surface area (Å²) in [5.41, 5.74) is -0.0954. The van der Waals surface area contributed by atoms with E-state index in [1.807, 2.05) is 28.7 Å². The number of benzene rings is 1. The summed E-state index contributed by atoms with van der Waals surface area (Å²) in [5.74, 6) is 0.442. The number of nitriles is 1. The smallest absolute Gasteiger partial charge is 0.262 e. The van der Waals surface area contributed by atoms with Gasteiger partial charge in [-0.15, -0.1) is 10.2 Å². The Kier molecular flexibility index (Phi) is 6.80. The van der Waals surface area contributed by atoms with Crippen molar-refractivity contribution in [3.8, 4) is 6.07 Å². The molecule has 0 spiro atoms. The average Bonchev–Trinajstić information content (AvgIpc) is 3.24. The Balaban J connectivity index is 1.61. The minimum absolute atomic E-state index is 0.0702. The SMILES string of the molecule is CCCCCn1c(=O)c2ccccc2n2c(SCC(=O)NC3(C#N)CCCCC3)nnc12. The van der Waals surface area contributed by atoms with Crippen LogP contribution in [-0.2, 0) is 11.3 Å². The third kappa shape index (κ3) is 4.37. The molecule has 1 aliphatic carbocycles. The molecule has 4 rings (SSSR count). The molecule has 0 aliphatic heterocycles. The fourth-order valence-electron chi connectivity index (χ4n) is 4.40. The van der Waals surface area contributed by atoms with Gasteiger partial charge in [-0.25, -0.2) is 0 Å². The van der Waals surface area contributed by atoms with E-state index in [2.05, 4.69) is 28.5 Å². The first-order valence-electron chi connectivity index (χ1n) is 11.3. The highest BCUT2D eigenvalue weighted by Gasteiger charge is 2.33. The van der Waals surface area contributed by atoms with E-state index in [1.54, 1.807) is 4.57 Å². The molecule has 3 aromatic rings. The maximum absolute atomic E-state index is 13.1. The number of carbonyl (C=O) groups is 1. The van der Waals surface area contributed by atoms with Crippen molar-refractivity contribution in [3.63, 3.8) is 0 Å². The molecule has 0 bridgehead atoms. The Labute approximate surface area is 191 Å². The number of fused-ring (bicyclic) bond motifs is 3. The first-order valence-corrected chi connectivity index (χ1v) is 12.3. The maximum atomic E-state index is 13.1. The number of nitrogens with one attached hydrogen (secondary N) is 1. The lowest BCUT2D eigenvalue weighted by Crippen LogP contribution is -2.49. The summed E-state index contributed by atoms with van der Waals surface area (Å²) in [4.78, 5) is 25.8. The van der Waals surface area contributed by atoms with Crippen LogP contribution in [0.25, 0.3) is 16.7 Å². The second kappa shape index (κ2) is 9.74. The van der Waals surface area contributed by atoms with Crippen LogP contribution in [0.3, 0.4) is 0 Å². The predicted octanol–water partition coefficient (Wildman–Crippen LogP) is 3.67. The Bertz CT molecular complexity index is 1220. The van der Waals surface area contributed by atoms with Crippen LogP contribution >= 0.6 is 11.8 Å². The molecule has 2 aromatic heterocycles. The molecule has 1 aliphatic rings. The minimum atomic E-state index is -0.755. The van der Waals surface area contributed by atoms with Crippen molar-refractivity contribution >= 4 is 34.3 Å². The maximum Gasteiger partial charge on any atom is 0.262 e. The number of thioether (sulfide) groups is 1. The molecule has 1 N–H and O–H groups in total. The quantitative estimate of drug-likeness (QED) is 0.413. The molecule has 8 nitrogen and oxygen atoms in total. The molecule has 32 heavy (non-hydrogen) atoms. The van der Waals surface area contributed by atoms with Crippen molar-refractivity contribution in [1.82, 2.24) is 24.5 Å². The number of nitrogens with zero attached hydrogens (tertiary/aromatic N) is 5. The van der Waals surface area contributed by atoms with Gasteiger partial charge >= 0.3 is 0 Å². The van der Waals surface area contributed by atoms with Gasteiger partial charge in [0.2, 0.25) is 11.7 Å².